The Hall–Kier alpha value is -4.62. The van der Waals surface area contributed by atoms with E-state index < -0.39 is 53.0 Å². The smallest absolute Gasteiger partial charge is 0.336 e. The molecular weight excluding hydrogens is 548 g/mol. The van der Waals surface area contributed by atoms with Crippen molar-refractivity contribution >= 4 is 61.6 Å². The highest BCUT2D eigenvalue weighted by molar-refractivity contribution is 6.30. The normalized spacial score (nSPS) is 18.1. The third-order valence-electron chi connectivity index (χ3n) is 7.54. The first-order valence-electron chi connectivity index (χ1n) is 13.1. The summed E-state index contributed by atoms with van der Waals surface area (Å²) in [5.41, 5.74) is 8.11. The third kappa shape index (κ3) is 4.41. The van der Waals surface area contributed by atoms with Gasteiger partial charge in [0.05, 0.1) is 50.8 Å². The van der Waals surface area contributed by atoms with Gasteiger partial charge < -0.3 is 41.0 Å². The minimum absolute atomic E-state index is 0.0905. The second-order valence-corrected chi connectivity index (χ2v) is 9.75. The number of amides is 2. The van der Waals surface area contributed by atoms with Crippen molar-refractivity contribution in [1.29, 1.82) is 0 Å². The first kappa shape index (κ1) is 28.9. The van der Waals surface area contributed by atoms with Crippen LogP contribution < -0.4 is 16.7 Å². The molecule has 2 atom stereocenters. The molecule has 1 aliphatic rings. The molecule has 4 aromatic rings. The van der Waals surface area contributed by atoms with Crippen LogP contribution in [-0.4, -0.2) is 84.3 Å². The lowest BCUT2D eigenvalue weighted by Gasteiger charge is -2.41. The summed E-state index contributed by atoms with van der Waals surface area (Å²) in [6, 6.07) is 13.6. The average molecular weight is 577 g/mol. The van der Waals surface area contributed by atoms with Crippen LogP contribution in [0.25, 0.3) is 37.9 Å². The van der Waals surface area contributed by atoms with Gasteiger partial charge in [0, 0.05) is 5.22 Å². The van der Waals surface area contributed by atoms with Gasteiger partial charge in [-0.2, -0.15) is 0 Å². The molecule has 0 bridgehead atoms. The number of aliphatic carboxylic acids is 1. The van der Waals surface area contributed by atoms with Crippen LogP contribution in [0.15, 0.2) is 48.5 Å². The number of carbonyl (C=O) groups excluding carboxylic acids is 2. The number of benzene rings is 4. The zero-order chi connectivity index (χ0) is 30.2. The highest BCUT2D eigenvalue weighted by Gasteiger charge is 2.58. The van der Waals surface area contributed by atoms with Crippen LogP contribution in [0.2, 0.25) is 0 Å². The topological polar surface area (TPSA) is 209 Å². The molecule has 12 nitrogen and oxygen atoms in total. The zero-order valence-corrected chi connectivity index (χ0v) is 22.3. The predicted octanol–water partition coefficient (Wildman–Crippen LogP) is 0.647. The van der Waals surface area contributed by atoms with Crippen LogP contribution in [0.3, 0.4) is 0 Å². The Labute approximate surface area is 238 Å². The summed E-state index contributed by atoms with van der Waals surface area (Å²) in [5, 5.41) is 32.6. The van der Waals surface area contributed by atoms with Crippen LogP contribution >= 0.6 is 0 Å². The zero-order valence-electron chi connectivity index (χ0n) is 22.3. The lowest BCUT2D eigenvalue weighted by atomic mass is 9.67. The van der Waals surface area contributed by atoms with E-state index in [0.717, 1.165) is 5.39 Å². The Kier molecular flexibility index (Phi) is 7.80. The fraction of sp³-hybridized carbons (Fsp3) is 0.267. The molecule has 0 saturated carbocycles. The van der Waals surface area contributed by atoms with Crippen molar-refractivity contribution in [3.8, 4) is 0 Å². The number of carboxylic acids is 2. The number of fused-ring (bicyclic) bond motifs is 2. The van der Waals surface area contributed by atoms with Crippen molar-refractivity contribution < 1.29 is 48.7 Å². The van der Waals surface area contributed by atoms with Crippen LogP contribution in [0.4, 0.5) is 0 Å². The summed E-state index contributed by atoms with van der Waals surface area (Å²) in [5.74, 6) is -7.31. The van der Waals surface area contributed by atoms with Gasteiger partial charge >= 0.3 is 11.9 Å². The number of aliphatic hydroxyl groups is 1. The summed E-state index contributed by atoms with van der Waals surface area (Å²) in [6.07, 6.45) is 0. The minimum atomic E-state index is -2.69. The van der Waals surface area contributed by atoms with Crippen molar-refractivity contribution in [3.05, 3.63) is 64.9 Å². The molecule has 0 aliphatic heterocycles. The number of carbonyl (C=O) groups is 4. The molecule has 2 unspecified atom stereocenters. The Morgan fingerprint density at radius 3 is 1.98 bits per heavy atom. The van der Waals surface area contributed by atoms with E-state index in [9.17, 15) is 29.4 Å². The van der Waals surface area contributed by atoms with Gasteiger partial charge in [0.1, 0.15) is 5.92 Å². The Morgan fingerprint density at radius 2 is 1.38 bits per heavy atom. The van der Waals surface area contributed by atoms with Crippen molar-refractivity contribution in [3.63, 3.8) is 0 Å². The largest absolute Gasteiger partial charge is 0.478 e. The summed E-state index contributed by atoms with van der Waals surface area (Å²) >= 11 is 0. The van der Waals surface area contributed by atoms with E-state index in [1.54, 1.807) is 18.2 Å². The number of aromatic carboxylic acids is 1. The summed E-state index contributed by atoms with van der Waals surface area (Å²) in [7, 11) is 0. The van der Waals surface area contributed by atoms with Crippen molar-refractivity contribution in [2.24, 2.45) is 11.5 Å². The lowest BCUT2D eigenvalue weighted by Crippen LogP contribution is -2.60. The van der Waals surface area contributed by atoms with Gasteiger partial charge in [-0.05, 0) is 43.9 Å². The molecule has 0 aromatic heterocycles. The highest BCUT2D eigenvalue weighted by Crippen LogP contribution is 2.48. The number of ether oxygens (including phenoxy) is 3. The maximum absolute atomic E-state index is 13.4. The summed E-state index contributed by atoms with van der Waals surface area (Å²) in [4.78, 5) is 52.3. The van der Waals surface area contributed by atoms with E-state index in [1.165, 1.54) is 6.07 Å². The maximum Gasteiger partial charge on any atom is 0.336 e. The molecule has 0 heterocycles. The van der Waals surface area contributed by atoms with E-state index in [2.05, 4.69) is 0 Å². The SMILES string of the molecule is NC(=O)C1c2c3cccc4cccc(c5ccc(C(=O)O)c(c25)=C(C(=O)O)C1(OCCOCCOCCO)C(N)=O)c43. The molecule has 5 rings (SSSR count). The number of rotatable bonds is 13. The molecule has 0 spiro atoms. The Balaban J connectivity index is 1.86. The molecule has 0 radical (unpaired) electrons. The monoisotopic (exact) mass is 576 g/mol. The van der Waals surface area contributed by atoms with Crippen LogP contribution in [0, 0.1) is 0 Å². The van der Waals surface area contributed by atoms with Gasteiger partial charge in [-0.3, -0.25) is 9.59 Å². The summed E-state index contributed by atoms with van der Waals surface area (Å²) < 4.78 is 16.5. The van der Waals surface area contributed by atoms with Crippen LogP contribution in [0.1, 0.15) is 21.8 Å². The van der Waals surface area contributed by atoms with E-state index in [1.807, 2.05) is 24.3 Å². The van der Waals surface area contributed by atoms with Gasteiger partial charge in [-0.15, -0.1) is 0 Å². The third-order valence-corrected chi connectivity index (χ3v) is 7.54. The molecule has 12 heteroatoms. The molecule has 7 N–H and O–H groups in total. The van der Waals surface area contributed by atoms with Crippen LogP contribution in [0.5, 0.6) is 0 Å². The van der Waals surface area contributed by atoms with Crippen molar-refractivity contribution in [1.82, 2.24) is 0 Å². The number of hydrogen-bond acceptors (Lipinski definition) is 8. The molecular formula is C30H28N2O10. The van der Waals surface area contributed by atoms with Gasteiger partial charge in [0.25, 0.3) is 5.91 Å². The number of hydrogen-bond donors (Lipinski definition) is 5. The fourth-order valence-electron chi connectivity index (χ4n) is 6.05. The molecule has 4 aromatic carbocycles. The predicted molar refractivity (Wildman–Crippen MR) is 151 cm³/mol. The standard InChI is InChI=1S/C30H28N2O10/c31-26(34)24-22-18-6-2-4-15-3-1-5-16(20(15)18)17-7-8-19(27(35)36)23(21(17)22)25(28(37)38)30(24,29(32)39)42-14-13-41-12-11-40-10-9-33/h1-8,24,33H,9-14H2,(H2,31,34)(H2,32,39)(H,35,36)(H,37,38). The van der Waals surface area contributed by atoms with Gasteiger partial charge in [0.2, 0.25) is 5.91 Å². The Morgan fingerprint density at radius 1 is 0.762 bits per heavy atom. The van der Waals surface area contributed by atoms with E-state index in [-0.39, 0.29) is 49.2 Å². The molecule has 218 valence electrons. The number of nitrogens with two attached hydrogens (primary N) is 2. The van der Waals surface area contributed by atoms with E-state index >= 15 is 0 Å². The number of primary amides is 2. The maximum atomic E-state index is 13.4. The second kappa shape index (κ2) is 11.3. The number of carboxylic acid groups (broad SMARTS) is 2. The summed E-state index contributed by atoms with van der Waals surface area (Å²) in [6.45, 7) is -0.378. The molecule has 2 amide bonds. The van der Waals surface area contributed by atoms with E-state index in [4.69, 9.17) is 30.8 Å². The van der Waals surface area contributed by atoms with Gasteiger partial charge in [-0.25, -0.2) is 9.59 Å². The van der Waals surface area contributed by atoms with Crippen molar-refractivity contribution in [2.75, 3.05) is 39.6 Å². The van der Waals surface area contributed by atoms with Crippen LogP contribution in [-0.2, 0) is 28.6 Å². The first-order chi connectivity index (χ1) is 20.2. The first-order valence-corrected chi connectivity index (χ1v) is 13.1. The quantitative estimate of drug-likeness (QED) is 0.0852. The Bertz CT molecular complexity index is 1810. The number of aliphatic hydroxyl groups excluding tert-OH is 1. The second-order valence-electron chi connectivity index (χ2n) is 9.75. The lowest BCUT2D eigenvalue weighted by molar-refractivity contribution is -0.150. The molecule has 1 aliphatic carbocycles. The average Bonchev–Trinajstić information content (AvgIpc) is 2.95. The van der Waals surface area contributed by atoms with E-state index in [0.29, 0.717) is 21.5 Å². The van der Waals surface area contributed by atoms with Crippen molar-refractivity contribution in [2.45, 2.75) is 11.5 Å². The van der Waals surface area contributed by atoms with Gasteiger partial charge in [-0.1, -0.05) is 42.5 Å². The molecule has 0 fully saturated rings. The fourth-order valence-corrected chi connectivity index (χ4v) is 6.05. The highest BCUT2D eigenvalue weighted by atomic mass is 16.6. The van der Waals surface area contributed by atoms with Gasteiger partial charge in [0.15, 0.2) is 5.60 Å². The molecule has 42 heavy (non-hydrogen) atoms. The molecule has 0 saturated heterocycles. The minimum Gasteiger partial charge on any atom is -0.478 e.